The maximum atomic E-state index is 11.1. The summed E-state index contributed by atoms with van der Waals surface area (Å²) in [4.78, 5) is 16.9. The van der Waals surface area contributed by atoms with Crippen molar-refractivity contribution in [3.8, 4) is 6.07 Å². The van der Waals surface area contributed by atoms with Crippen molar-refractivity contribution >= 4 is 11.5 Å². The minimum Gasteiger partial charge on any atom is -0.364 e. The molecule has 1 unspecified atom stereocenters. The van der Waals surface area contributed by atoms with Crippen molar-refractivity contribution in [2.24, 2.45) is 5.92 Å². The van der Waals surface area contributed by atoms with E-state index in [1.54, 1.807) is 0 Å². The van der Waals surface area contributed by atoms with Crippen molar-refractivity contribution in [3.63, 3.8) is 0 Å². The van der Waals surface area contributed by atoms with Gasteiger partial charge in [0, 0.05) is 19.3 Å². The molecule has 21 heavy (non-hydrogen) atoms. The van der Waals surface area contributed by atoms with Crippen LogP contribution < -0.4 is 5.32 Å². The van der Waals surface area contributed by atoms with Crippen LogP contribution in [0.3, 0.4) is 0 Å². The molecular formula is C14H19N5O2. The summed E-state index contributed by atoms with van der Waals surface area (Å²) in [5.41, 5.74) is -0.210. The summed E-state index contributed by atoms with van der Waals surface area (Å²) in [6.07, 6.45) is 3.91. The molecule has 0 saturated carbocycles. The number of hydrogen-bond donors (Lipinski definition) is 1. The van der Waals surface area contributed by atoms with Crippen LogP contribution in [0.4, 0.5) is 11.5 Å². The predicted octanol–water partition coefficient (Wildman–Crippen LogP) is 2.01. The lowest BCUT2D eigenvalue weighted by Gasteiger charge is -2.20. The molecule has 1 aromatic rings. The van der Waals surface area contributed by atoms with E-state index in [9.17, 15) is 10.1 Å². The van der Waals surface area contributed by atoms with Gasteiger partial charge in [0.05, 0.1) is 4.92 Å². The Labute approximate surface area is 123 Å². The number of nitro groups is 1. The molecule has 2 rings (SSSR count). The molecule has 0 radical (unpaired) electrons. The van der Waals surface area contributed by atoms with Gasteiger partial charge in [-0.1, -0.05) is 6.92 Å². The summed E-state index contributed by atoms with van der Waals surface area (Å²) in [5.74, 6) is 0.530. The molecule has 7 nitrogen and oxygen atoms in total. The van der Waals surface area contributed by atoms with Crippen molar-refractivity contribution in [1.29, 1.82) is 5.26 Å². The number of nitriles is 1. The first-order valence-electron chi connectivity index (χ1n) is 7.11. The highest BCUT2D eigenvalue weighted by molar-refractivity contribution is 5.64. The van der Waals surface area contributed by atoms with E-state index < -0.39 is 4.92 Å². The number of likely N-dealkylation sites (tertiary alicyclic amines) is 1. The van der Waals surface area contributed by atoms with E-state index in [1.807, 2.05) is 6.07 Å². The molecule has 1 aliphatic rings. The third-order valence-corrected chi connectivity index (χ3v) is 3.61. The minimum atomic E-state index is -0.557. The van der Waals surface area contributed by atoms with Crippen LogP contribution in [0.2, 0.25) is 0 Å². The first-order chi connectivity index (χ1) is 10.1. The zero-order valence-corrected chi connectivity index (χ0v) is 12.1. The minimum absolute atomic E-state index is 0.0321. The van der Waals surface area contributed by atoms with Gasteiger partial charge in [0.1, 0.15) is 11.6 Å². The predicted molar refractivity (Wildman–Crippen MR) is 78.9 cm³/mol. The van der Waals surface area contributed by atoms with E-state index in [1.165, 1.54) is 25.1 Å². The molecule has 0 aliphatic carbocycles. The second kappa shape index (κ2) is 6.99. The molecule has 0 bridgehead atoms. The summed E-state index contributed by atoms with van der Waals surface area (Å²) in [6, 6.07) is 3.19. The molecule has 1 aliphatic heterocycles. The molecule has 112 valence electrons. The molecule has 0 aromatic carbocycles. The van der Waals surface area contributed by atoms with E-state index in [4.69, 9.17) is 5.26 Å². The highest BCUT2D eigenvalue weighted by Crippen LogP contribution is 2.25. The fourth-order valence-corrected chi connectivity index (χ4v) is 2.60. The fourth-order valence-electron chi connectivity index (χ4n) is 2.60. The van der Waals surface area contributed by atoms with Crippen LogP contribution in [-0.4, -0.2) is 41.0 Å². The zero-order chi connectivity index (χ0) is 15.2. The molecule has 1 saturated heterocycles. The lowest BCUT2D eigenvalue weighted by atomic mass is 10.1. The van der Waals surface area contributed by atoms with Crippen LogP contribution in [-0.2, 0) is 0 Å². The normalized spacial score (nSPS) is 16.4. The highest BCUT2D eigenvalue weighted by atomic mass is 16.6. The molecule has 1 atom stereocenters. The summed E-state index contributed by atoms with van der Waals surface area (Å²) in [5, 5.41) is 23.0. The van der Waals surface area contributed by atoms with Gasteiger partial charge in [-0.15, -0.1) is 0 Å². The van der Waals surface area contributed by atoms with E-state index in [-0.39, 0.29) is 17.1 Å². The van der Waals surface area contributed by atoms with Crippen molar-refractivity contribution in [3.05, 3.63) is 27.9 Å². The zero-order valence-electron chi connectivity index (χ0n) is 12.1. The summed E-state index contributed by atoms with van der Waals surface area (Å²) < 4.78 is 0. The van der Waals surface area contributed by atoms with Crippen LogP contribution in [0, 0.1) is 27.4 Å². The van der Waals surface area contributed by atoms with Gasteiger partial charge in [-0.05, 0) is 37.9 Å². The monoisotopic (exact) mass is 289 g/mol. The van der Waals surface area contributed by atoms with Gasteiger partial charge >= 0.3 is 5.69 Å². The number of nitrogens with one attached hydrogen (secondary N) is 1. The van der Waals surface area contributed by atoms with Crippen molar-refractivity contribution in [2.45, 2.75) is 19.8 Å². The maximum Gasteiger partial charge on any atom is 0.328 e. The van der Waals surface area contributed by atoms with E-state index in [2.05, 4.69) is 22.1 Å². The molecule has 1 fully saturated rings. The van der Waals surface area contributed by atoms with Crippen molar-refractivity contribution < 1.29 is 4.92 Å². The Kier molecular flexibility index (Phi) is 5.06. The molecule has 0 amide bonds. The van der Waals surface area contributed by atoms with Crippen molar-refractivity contribution in [2.75, 3.05) is 31.5 Å². The van der Waals surface area contributed by atoms with Gasteiger partial charge in [-0.25, -0.2) is 4.98 Å². The SMILES string of the molecule is CC(CNc1nccc(C#N)c1[N+](=O)[O-])CN1CCCC1. The fraction of sp³-hybridized carbons (Fsp3) is 0.571. The van der Waals surface area contributed by atoms with Crippen LogP contribution in [0.1, 0.15) is 25.3 Å². The average Bonchev–Trinajstić information content (AvgIpc) is 2.97. The first-order valence-corrected chi connectivity index (χ1v) is 7.11. The summed E-state index contributed by atoms with van der Waals surface area (Å²) >= 11 is 0. The molecule has 7 heteroatoms. The Hall–Kier alpha value is -2.20. The first kappa shape index (κ1) is 15.2. The largest absolute Gasteiger partial charge is 0.364 e. The molecular weight excluding hydrogens is 270 g/mol. The standard InChI is InChI=1S/C14H19N5O2/c1-11(10-18-6-2-3-7-18)9-17-14-13(19(20)21)12(8-15)4-5-16-14/h4-5,11H,2-3,6-7,9-10H2,1H3,(H,16,17). The Morgan fingerprint density at radius 3 is 2.90 bits per heavy atom. The van der Waals surface area contributed by atoms with E-state index in [0.717, 1.165) is 19.6 Å². The van der Waals surface area contributed by atoms with E-state index >= 15 is 0 Å². The summed E-state index contributed by atoms with van der Waals surface area (Å²) in [6.45, 7) is 5.93. The Morgan fingerprint density at radius 1 is 1.57 bits per heavy atom. The van der Waals surface area contributed by atoms with Gasteiger partial charge in [0.25, 0.3) is 0 Å². The van der Waals surface area contributed by atoms with Crippen LogP contribution in [0.5, 0.6) is 0 Å². The van der Waals surface area contributed by atoms with Crippen LogP contribution in [0.15, 0.2) is 12.3 Å². The quantitative estimate of drug-likeness (QED) is 0.635. The second-order valence-electron chi connectivity index (χ2n) is 5.42. The maximum absolute atomic E-state index is 11.1. The van der Waals surface area contributed by atoms with Crippen molar-refractivity contribution in [1.82, 2.24) is 9.88 Å². The number of rotatable bonds is 6. The lowest BCUT2D eigenvalue weighted by Crippen LogP contribution is -2.29. The average molecular weight is 289 g/mol. The Bertz CT molecular complexity index is 549. The van der Waals surface area contributed by atoms with Crippen LogP contribution in [0.25, 0.3) is 0 Å². The smallest absolute Gasteiger partial charge is 0.328 e. The number of hydrogen-bond acceptors (Lipinski definition) is 6. The van der Waals surface area contributed by atoms with Gasteiger partial charge in [0.15, 0.2) is 0 Å². The Morgan fingerprint density at radius 2 is 2.29 bits per heavy atom. The van der Waals surface area contributed by atoms with Gasteiger partial charge in [-0.3, -0.25) is 10.1 Å². The number of pyridine rings is 1. The molecule has 1 N–H and O–H groups in total. The number of nitrogens with zero attached hydrogens (tertiary/aromatic N) is 4. The highest BCUT2D eigenvalue weighted by Gasteiger charge is 2.22. The van der Waals surface area contributed by atoms with Gasteiger partial charge in [0.2, 0.25) is 5.82 Å². The number of anilines is 1. The molecule has 2 heterocycles. The number of aromatic nitrogens is 1. The molecule has 1 aromatic heterocycles. The van der Waals surface area contributed by atoms with Crippen LogP contribution >= 0.6 is 0 Å². The molecule has 0 spiro atoms. The topological polar surface area (TPSA) is 95.1 Å². The van der Waals surface area contributed by atoms with Gasteiger partial charge < -0.3 is 10.2 Å². The third-order valence-electron chi connectivity index (χ3n) is 3.61. The lowest BCUT2D eigenvalue weighted by molar-refractivity contribution is -0.384. The third kappa shape index (κ3) is 3.89. The van der Waals surface area contributed by atoms with E-state index in [0.29, 0.717) is 12.5 Å². The van der Waals surface area contributed by atoms with Gasteiger partial charge in [-0.2, -0.15) is 5.26 Å². The Balaban J connectivity index is 1.99. The second-order valence-corrected chi connectivity index (χ2v) is 5.42. The summed E-state index contributed by atoms with van der Waals surface area (Å²) in [7, 11) is 0.